The van der Waals surface area contributed by atoms with Crippen LogP contribution in [0.1, 0.15) is 38.0 Å². The molecule has 1 aromatic carbocycles. The number of thiophene rings is 1. The summed E-state index contributed by atoms with van der Waals surface area (Å²) < 4.78 is 0. The zero-order valence-corrected chi connectivity index (χ0v) is 13.2. The average molecular weight is 300 g/mol. The standard InChI is InChI=1S/C17H20N2OS/c1-11-9-16(21-12(11)2)17(20)19-10-13(7-8-18)14-5-3-4-6-15(14)19/h3-6,9,13H,7-8,10,18H2,1-2H3. The summed E-state index contributed by atoms with van der Waals surface area (Å²) in [5, 5.41) is 0. The minimum atomic E-state index is 0.114. The maximum Gasteiger partial charge on any atom is 0.268 e. The number of benzene rings is 1. The van der Waals surface area contributed by atoms with Crippen LogP contribution >= 0.6 is 11.3 Å². The molecule has 0 saturated carbocycles. The Morgan fingerprint density at radius 2 is 2.14 bits per heavy atom. The van der Waals surface area contributed by atoms with Gasteiger partial charge in [-0.3, -0.25) is 4.79 Å². The van der Waals surface area contributed by atoms with E-state index < -0.39 is 0 Å². The minimum Gasteiger partial charge on any atom is -0.330 e. The lowest BCUT2D eigenvalue weighted by Crippen LogP contribution is -2.29. The average Bonchev–Trinajstić information content (AvgIpc) is 3.01. The van der Waals surface area contributed by atoms with Gasteiger partial charge in [0.2, 0.25) is 0 Å². The van der Waals surface area contributed by atoms with Crippen LogP contribution < -0.4 is 10.6 Å². The van der Waals surface area contributed by atoms with Gasteiger partial charge < -0.3 is 10.6 Å². The number of nitrogens with two attached hydrogens (primary N) is 1. The third-order valence-corrected chi connectivity index (χ3v) is 5.35. The van der Waals surface area contributed by atoms with Gasteiger partial charge in [0.05, 0.1) is 4.88 Å². The Kier molecular flexibility index (Phi) is 3.83. The Morgan fingerprint density at radius 1 is 1.38 bits per heavy atom. The van der Waals surface area contributed by atoms with E-state index in [1.165, 1.54) is 16.0 Å². The van der Waals surface area contributed by atoms with Crippen LogP contribution in [0.25, 0.3) is 0 Å². The van der Waals surface area contributed by atoms with Crippen LogP contribution in [0.4, 0.5) is 5.69 Å². The van der Waals surface area contributed by atoms with Crippen LogP contribution in [0, 0.1) is 13.8 Å². The molecule has 0 fully saturated rings. The Bertz CT molecular complexity index is 658. The summed E-state index contributed by atoms with van der Waals surface area (Å²) in [4.78, 5) is 16.8. The highest BCUT2D eigenvalue weighted by molar-refractivity contribution is 7.14. The van der Waals surface area contributed by atoms with Gasteiger partial charge in [-0.05, 0) is 50.1 Å². The van der Waals surface area contributed by atoms with Crippen molar-refractivity contribution in [3.8, 4) is 0 Å². The van der Waals surface area contributed by atoms with Crippen molar-refractivity contribution in [3.05, 3.63) is 51.2 Å². The fraction of sp³-hybridized carbons (Fsp3) is 0.353. The van der Waals surface area contributed by atoms with Crippen LogP contribution in [0.5, 0.6) is 0 Å². The Labute approximate surface area is 129 Å². The Balaban J connectivity index is 1.94. The van der Waals surface area contributed by atoms with Crippen molar-refractivity contribution in [1.29, 1.82) is 0 Å². The normalized spacial score (nSPS) is 17.1. The SMILES string of the molecule is Cc1cc(C(=O)N2CC(CCN)c3ccccc32)sc1C. The van der Waals surface area contributed by atoms with E-state index in [-0.39, 0.29) is 5.91 Å². The van der Waals surface area contributed by atoms with Crippen molar-refractivity contribution in [2.75, 3.05) is 18.0 Å². The van der Waals surface area contributed by atoms with Crippen LogP contribution in [-0.2, 0) is 0 Å². The van der Waals surface area contributed by atoms with Crippen molar-refractivity contribution in [3.63, 3.8) is 0 Å². The second-order valence-corrected chi connectivity index (χ2v) is 6.86. The van der Waals surface area contributed by atoms with Gasteiger partial charge >= 0.3 is 0 Å². The number of hydrogen-bond acceptors (Lipinski definition) is 3. The lowest BCUT2D eigenvalue weighted by Gasteiger charge is -2.16. The lowest BCUT2D eigenvalue weighted by atomic mass is 9.98. The van der Waals surface area contributed by atoms with E-state index in [2.05, 4.69) is 19.9 Å². The van der Waals surface area contributed by atoms with E-state index in [0.717, 1.165) is 23.5 Å². The van der Waals surface area contributed by atoms with Crippen LogP contribution in [0.2, 0.25) is 0 Å². The summed E-state index contributed by atoms with van der Waals surface area (Å²) in [6.45, 7) is 5.51. The fourth-order valence-corrected chi connectivity index (χ4v) is 3.93. The monoisotopic (exact) mass is 300 g/mol. The predicted molar refractivity (Wildman–Crippen MR) is 88.3 cm³/mol. The summed E-state index contributed by atoms with van der Waals surface area (Å²) in [5.41, 5.74) is 9.21. The number of carbonyl (C=O) groups excluding carboxylic acids is 1. The summed E-state index contributed by atoms with van der Waals surface area (Å²) >= 11 is 1.58. The quantitative estimate of drug-likeness (QED) is 0.943. The number of fused-ring (bicyclic) bond motifs is 1. The number of aryl methyl sites for hydroxylation is 2. The summed E-state index contributed by atoms with van der Waals surface area (Å²) in [5.74, 6) is 0.473. The van der Waals surface area contributed by atoms with Crippen LogP contribution in [0.3, 0.4) is 0 Å². The highest BCUT2D eigenvalue weighted by Gasteiger charge is 2.32. The van der Waals surface area contributed by atoms with Gasteiger partial charge in [0.25, 0.3) is 5.91 Å². The first-order valence-electron chi connectivity index (χ1n) is 7.29. The number of carbonyl (C=O) groups is 1. The van der Waals surface area contributed by atoms with Crippen molar-refractivity contribution in [2.45, 2.75) is 26.2 Å². The number of anilines is 1. The predicted octanol–water partition coefficient (Wildman–Crippen LogP) is 3.46. The zero-order chi connectivity index (χ0) is 15.0. The molecule has 21 heavy (non-hydrogen) atoms. The highest BCUT2D eigenvalue weighted by Crippen LogP contribution is 2.39. The first-order chi connectivity index (χ1) is 10.1. The Hall–Kier alpha value is -1.65. The van der Waals surface area contributed by atoms with E-state index in [1.54, 1.807) is 11.3 Å². The molecule has 2 heterocycles. The van der Waals surface area contributed by atoms with Gasteiger partial charge in [0, 0.05) is 23.0 Å². The van der Waals surface area contributed by atoms with Gasteiger partial charge in [0.15, 0.2) is 0 Å². The number of para-hydroxylation sites is 1. The molecule has 1 aromatic heterocycles. The molecule has 0 bridgehead atoms. The topological polar surface area (TPSA) is 46.3 Å². The van der Waals surface area contributed by atoms with E-state index in [4.69, 9.17) is 5.73 Å². The smallest absolute Gasteiger partial charge is 0.268 e. The van der Waals surface area contributed by atoms with Crippen LogP contribution in [-0.4, -0.2) is 19.0 Å². The molecule has 4 heteroatoms. The van der Waals surface area contributed by atoms with Crippen LogP contribution in [0.15, 0.2) is 30.3 Å². The van der Waals surface area contributed by atoms with Crippen molar-refractivity contribution >= 4 is 22.9 Å². The lowest BCUT2D eigenvalue weighted by molar-refractivity contribution is 0.0992. The Morgan fingerprint density at radius 3 is 2.81 bits per heavy atom. The molecule has 0 aliphatic carbocycles. The molecule has 1 aliphatic rings. The summed E-state index contributed by atoms with van der Waals surface area (Å²) in [6, 6.07) is 10.2. The molecular formula is C17H20N2OS. The van der Waals surface area contributed by atoms with Gasteiger partial charge in [-0.15, -0.1) is 11.3 Å². The maximum absolute atomic E-state index is 12.8. The van der Waals surface area contributed by atoms with Crippen molar-refractivity contribution in [1.82, 2.24) is 0 Å². The first kappa shape index (κ1) is 14.3. The van der Waals surface area contributed by atoms with E-state index in [9.17, 15) is 4.79 Å². The highest BCUT2D eigenvalue weighted by atomic mass is 32.1. The zero-order valence-electron chi connectivity index (χ0n) is 12.4. The molecule has 0 radical (unpaired) electrons. The molecule has 0 saturated heterocycles. The minimum absolute atomic E-state index is 0.114. The number of amides is 1. The number of rotatable bonds is 3. The van der Waals surface area contributed by atoms with E-state index >= 15 is 0 Å². The molecule has 1 atom stereocenters. The summed E-state index contributed by atoms with van der Waals surface area (Å²) in [7, 11) is 0. The fourth-order valence-electron chi connectivity index (χ4n) is 2.95. The molecule has 1 aliphatic heterocycles. The largest absolute Gasteiger partial charge is 0.330 e. The number of nitrogens with zero attached hydrogens (tertiary/aromatic N) is 1. The summed E-state index contributed by atoms with van der Waals surface area (Å²) in [6.07, 6.45) is 0.920. The van der Waals surface area contributed by atoms with Gasteiger partial charge in [-0.25, -0.2) is 0 Å². The second kappa shape index (κ2) is 5.62. The van der Waals surface area contributed by atoms with E-state index in [1.807, 2.05) is 29.2 Å². The molecule has 2 N–H and O–H groups in total. The van der Waals surface area contributed by atoms with Crippen molar-refractivity contribution in [2.24, 2.45) is 5.73 Å². The van der Waals surface area contributed by atoms with Gasteiger partial charge in [0.1, 0.15) is 0 Å². The second-order valence-electron chi connectivity index (χ2n) is 5.60. The third kappa shape index (κ3) is 2.49. The number of hydrogen-bond donors (Lipinski definition) is 1. The first-order valence-corrected chi connectivity index (χ1v) is 8.11. The molecule has 110 valence electrons. The molecular weight excluding hydrogens is 280 g/mol. The molecule has 2 aromatic rings. The molecule has 1 amide bonds. The maximum atomic E-state index is 12.8. The van der Waals surface area contributed by atoms with Crippen molar-refractivity contribution < 1.29 is 4.79 Å². The van der Waals surface area contributed by atoms with E-state index in [0.29, 0.717) is 12.5 Å². The third-order valence-electron chi connectivity index (χ3n) is 4.21. The van der Waals surface area contributed by atoms with Gasteiger partial charge in [-0.1, -0.05) is 18.2 Å². The molecule has 1 unspecified atom stereocenters. The molecule has 3 rings (SSSR count). The van der Waals surface area contributed by atoms with Gasteiger partial charge in [-0.2, -0.15) is 0 Å². The molecule has 0 spiro atoms. The molecule has 3 nitrogen and oxygen atoms in total.